The van der Waals surface area contributed by atoms with Crippen molar-refractivity contribution in [2.24, 2.45) is 0 Å². The third-order valence-electron chi connectivity index (χ3n) is 6.48. The fourth-order valence-corrected chi connectivity index (χ4v) is 6.01. The first-order chi connectivity index (χ1) is 14.0. The molecule has 29 heavy (non-hydrogen) atoms. The molecule has 3 rings (SSSR count). The predicted octanol–water partition coefficient (Wildman–Crippen LogP) is 7.83. The highest BCUT2D eigenvalue weighted by molar-refractivity contribution is 7.99. The first-order valence-corrected chi connectivity index (χ1v) is 12.4. The fraction of sp³-hybridized carbons (Fsp3) is 0.556. The van der Waals surface area contributed by atoms with Gasteiger partial charge in [-0.05, 0) is 56.2 Å². The summed E-state index contributed by atoms with van der Waals surface area (Å²) in [5, 5.41) is 0. The second-order valence-electron chi connectivity index (χ2n) is 8.98. The van der Waals surface area contributed by atoms with Gasteiger partial charge in [0, 0.05) is 29.3 Å². The first-order valence-electron chi connectivity index (χ1n) is 11.4. The highest BCUT2D eigenvalue weighted by Crippen LogP contribution is 2.51. The first kappa shape index (κ1) is 22.4. The van der Waals surface area contributed by atoms with Gasteiger partial charge in [0.25, 0.3) is 0 Å². The van der Waals surface area contributed by atoms with Crippen LogP contribution in [-0.2, 0) is 10.2 Å². The SMILES string of the molecule is CCCCCCOCCC[C@@H]1c2ccc(C)cc2SC[C@]1(C)c1ccc(C)cc1. The minimum absolute atomic E-state index is 0.168. The molecule has 0 aromatic heterocycles. The van der Waals surface area contributed by atoms with E-state index in [4.69, 9.17) is 4.74 Å². The van der Waals surface area contributed by atoms with E-state index in [0.29, 0.717) is 5.92 Å². The number of rotatable bonds is 10. The predicted molar refractivity (Wildman–Crippen MR) is 127 cm³/mol. The smallest absolute Gasteiger partial charge is 0.0466 e. The van der Waals surface area contributed by atoms with Crippen molar-refractivity contribution in [2.75, 3.05) is 19.0 Å². The highest BCUT2D eigenvalue weighted by atomic mass is 32.2. The quantitative estimate of drug-likeness (QED) is 0.369. The molecule has 1 heterocycles. The van der Waals surface area contributed by atoms with E-state index in [-0.39, 0.29) is 5.41 Å². The Kier molecular flexibility index (Phi) is 8.26. The van der Waals surface area contributed by atoms with Gasteiger partial charge in [-0.2, -0.15) is 0 Å². The lowest BCUT2D eigenvalue weighted by molar-refractivity contribution is 0.122. The number of benzene rings is 2. The lowest BCUT2D eigenvalue weighted by Crippen LogP contribution is -2.36. The zero-order valence-corrected chi connectivity index (χ0v) is 19.6. The van der Waals surface area contributed by atoms with Crippen molar-refractivity contribution in [2.45, 2.75) is 82.4 Å². The monoisotopic (exact) mass is 410 g/mol. The molecule has 0 fully saturated rings. The second-order valence-corrected chi connectivity index (χ2v) is 10.00. The lowest BCUT2D eigenvalue weighted by Gasteiger charge is -2.43. The molecule has 1 aliphatic rings. The van der Waals surface area contributed by atoms with Crippen LogP contribution in [0.2, 0.25) is 0 Å². The largest absolute Gasteiger partial charge is 0.381 e. The van der Waals surface area contributed by atoms with Gasteiger partial charge in [-0.1, -0.05) is 80.6 Å². The molecule has 0 saturated carbocycles. The molecule has 2 aromatic carbocycles. The van der Waals surface area contributed by atoms with Crippen molar-refractivity contribution < 1.29 is 4.74 Å². The Morgan fingerprint density at radius 2 is 1.66 bits per heavy atom. The maximum atomic E-state index is 5.96. The van der Waals surface area contributed by atoms with Gasteiger partial charge >= 0.3 is 0 Å². The van der Waals surface area contributed by atoms with E-state index in [1.165, 1.54) is 59.3 Å². The number of fused-ring (bicyclic) bond motifs is 1. The van der Waals surface area contributed by atoms with E-state index in [2.05, 4.69) is 70.2 Å². The highest BCUT2D eigenvalue weighted by Gasteiger charge is 2.40. The normalized spacial score (nSPS) is 21.2. The van der Waals surface area contributed by atoms with Crippen LogP contribution in [-0.4, -0.2) is 19.0 Å². The molecule has 1 nitrogen and oxygen atoms in total. The molecule has 0 N–H and O–H groups in total. The molecule has 0 saturated heterocycles. The summed E-state index contributed by atoms with van der Waals surface area (Å²) >= 11 is 2.04. The van der Waals surface area contributed by atoms with E-state index in [9.17, 15) is 0 Å². The zero-order valence-electron chi connectivity index (χ0n) is 18.8. The van der Waals surface area contributed by atoms with Crippen LogP contribution in [0.5, 0.6) is 0 Å². The van der Waals surface area contributed by atoms with Gasteiger partial charge in [-0.25, -0.2) is 0 Å². The molecule has 0 unspecified atom stereocenters. The molecular formula is C27H38OS. The van der Waals surface area contributed by atoms with Crippen LogP contribution in [0.1, 0.15) is 80.5 Å². The van der Waals surface area contributed by atoms with Crippen LogP contribution in [0.15, 0.2) is 47.4 Å². The molecule has 2 atom stereocenters. The van der Waals surface area contributed by atoms with Crippen molar-refractivity contribution in [1.82, 2.24) is 0 Å². The van der Waals surface area contributed by atoms with Crippen LogP contribution in [0.3, 0.4) is 0 Å². The van der Waals surface area contributed by atoms with Gasteiger partial charge in [0.2, 0.25) is 0 Å². The Hall–Kier alpha value is -1.25. The molecule has 2 aromatic rings. The van der Waals surface area contributed by atoms with Gasteiger partial charge in [-0.3, -0.25) is 0 Å². The standard InChI is InChI=1S/C27H38OS/c1-5-6-7-8-17-28-18-9-10-25-24-16-13-22(3)19-26(24)29-20-27(25,4)23-14-11-21(2)12-15-23/h11-16,19,25H,5-10,17-18,20H2,1-4H3/t25-,27-/m1/s1. The van der Waals surface area contributed by atoms with Crippen LogP contribution < -0.4 is 0 Å². The maximum absolute atomic E-state index is 5.96. The molecule has 0 bridgehead atoms. The number of hydrogen-bond donors (Lipinski definition) is 0. The molecule has 2 heteroatoms. The van der Waals surface area contributed by atoms with Crippen molar-refractivity contribution in [3.63, 3.8) is 0 Å². The van der Waals surface area contributed by atoms with Crippen LogP contribution >= 0.6 is 11.8 Å². The summed E-state index contributed by atoms with van der Waals surface area (Å²) in [5.74, 6) is 1.69. The Labute approximate surface area is 182 Å². The number of thioether (sulfide) groups is 1. The summed E-state index contributed by atoms with van der Waals surface area (Å²) in [6.07, 6.45) is 7.45. The average Bonchev–Trinajstić information content (AvgIpc) is 2.72. The molecule has 1 aliphatic heterocycles. The fourth-order valence-electron chi connectivity index (χ4n) is 4.54. The number of aryl methyl sites for hydroxylation is 2. The van der Waals surface area contributed by atoms with Crippen LogP contribution in [0, 0.1) is 13.8 Å². The maximum Gasteiger partial charge on any atom is 0.0466 e. The molecule has 0 radical (unpaired) electrons. The Morgan fingerprint density at radius 3 is 2.41 bits per heavy atom. The zero-order chi connectivity index (χ0) is 20.7. The second kappa shape index (κ2) is 10.7. The van der Waals surface area contributed by atoms with Gasteiger partial charge in [0.1, 0.15) is 0 Å². The summed E-state index contributed by atoms with van der Waals surface area (Å²) in [5.41, 5.74) is 5.89. The number of hydrogen-bond acceptors (Lipinski definition) is 2. The van der Waals surface area contributed by atoms with Crippen molar-refractivity contribution in [1.29, 1.82) is 0 Å². The van der Waals surface area contributed by atoms with Crippen LogP contribution in [0.4, 0.5) is 0 Å². The van der Waals surface area contributed by atoms with Crippen molar-refractivity contribution in [3.05, 3.63) is 64.7 Å². The molecule has 158 valence electrons. The summed E-state index contributed by atoms with van der Waals surface area (Å²) in [6, 6.07) is 16.3. The summed E-state index contributed by atoms with van der Waals surface area (Å²) in [7, 11) is 0. The van der Waals surface area contributed by atoms with Gasteiger partial charge in [0.05, 0.1) is 0 Å². The molecular weight excluding hydrogens is 372 g/mol. The minimum Gasteiger partial charge on any atom is -0.381 e. The van der Waals surface area contributed by atoms with Gasteiger partial charge < -0.3 is 4.74 Å². The summed E-state index contributed by atoms with van der Waals surface area (Å²) in [6.45, 7) is 10.9. The number of unbranched alkanes of at least 4 members (excludes halogenated alkanes) is 3. The third-order valence-corrected chi connectivity index (χ3v) is 7.88. The lowest BCUT2D eigenvalue weighted by atomic mass is 9.68. The Morgan fingerprint density at radius 1 is 0.931 bits per heavy atom. The average molecular weight is 411 g/mol. The molecule has 0 aliphatic carbocycles. The van der Waals surface area contributed by atoms with Crippen LogP contribution in [0.25, 0.3) is 0 Å². The summed E-state index contributed by atoms with van der Waals surface area (Å²) < 4.78 is 5.96. The summed E-state index contributed by atoms with van der Waals surface area (Å²) in [4.78, 5) is 1.49. The van der Waals surface area contributed by atoms with Crippen molar-refractivity contribution >= 4 is 11.8 Å². The third kappa shape index (κ3) is 5.67. The minimum atomic E-state index is 0.168. The van der Waals surface area contributed by atoms with E-state index in [1.54, 1.807) is 0 Å². The van der Waals surface area contributed by atoms with E-state index < -0.39 is 0 Å². The molecule has 0 spiro atoms. The molecule has 0 amide bonds. The van der Waals surface area contributed by atoms with Gasteiger partial charge in [-0.15, -0.1) is 11.8 Å². The number of ether oxygens (including phenoxy) is 1. The Balaban J connectivity index is 1.71. The van der Waals surface area contributed by atoms with Crippen molar-refractivity contribution in [3.8, 4) is 0 Å². The Bertz CT molecular complexity index is 767. The topological polar surface area (TPSA) is 9.23 Å². The van der Waals surface area contributed by atoms with E-state index in [0.717, 1.165) is 25.4 Å². The van der Waals surface area contributed by atoms with Gasteiger partial charge in [0.15, 0.2) is 0 Å². The van der Waals surface area contributed by atoms with E-state index in [1.807, 2.05) is 11.8 Å². The van der Waals surface area contributed by atoms with E-state index >= 15 is 0 Å².